The first kappa shape index (κ1) is 12.8. The monoisotopic (exact) mass is 277 g/mol. The molecule has 5 heteroatoms. The summed E-state index contributed by atoms with van der Waals surface area (Å²) < 4.78 is 0. The van der Waals surface area contributed by atoms with Crippen molar-refractivity contribution in [2.24, 2.45) is 5.92 Å². The first-order valence-corrected chi connectivity index (χ1v) is 8.08. The summed E-state index contributed by atoms with van der Waals surface area (Å²) in [6.45, 7) is 0. The number of hydrogen-bond donors (Lipinski definition) is 2. The summed E-state index contributed by atoms with van der Waals surface area (Å²) in [4.78, 5) is 15.9. The number of carbonyl (C=O) groups is 1. The van der Waals surface area contributed by atoms with E-state index in [9.17, 15) is 4.79 Å². The summed E-state index contributed by atoms with van der Waals surface area (Å²) >= 11 is 2.00. The van der Waals surface area contributed by atoms with Crippen molar-refractivity contribution in [2.75, 3.05) is 22.1 Å². The van der Waals surface area contributed by atoms with Gasteiger partial charge in [-0.1, -0.05) is 0 Å². The molecule has 1 saturated carbocycles. The fourth-order valence-corrected chi connectivity index (χ4v) is 3.29. The quantitative estimate of drug-likeness (QED) is 0.888. The van der Waals surface area contributed by atoms with Crippen molar-refractivity contribution >= 4 is 29.2 Å². The standard InChI is InChI=1S/C14H19N3OS/c18-14(10-3-4-10)17-13-6-5-11(8-15-13)16-12-2-1-7-19-9-12/h5-6,8,10,12,16H,1-4,7,9H2,(H,15,17,18)/t12-/m1/s1. The van der Waals surface area contributed by atoms with E-state index in [1.807, 2.05) is 30.1 Å². The van der Waals surface area contributed by atoms with Gasteiger partial charge in [0.15, 0.2) is 0 Å². The summed E-state index contributed by atoms with van der Waals surface area (Å²) in [6.07, 6.45) is 6.36. The van der Waals surface area contributed by atoms with Crippen LogP contribution in [0.4, 0.5) is 11.5 Å². The van der Waals surface area contributed by atoms with E-state index >= 15 is 0 Å². The van der Waals surface area contributed by atoms with Gasteiger partial charge in [-0.2, -0.15) is 11.8 Å². The molecule has 0 radical (unpaired) electrons. The number of pyridine rings is 1. The van der Waals surface area contributed by atoms with Gasteiger partial charge in [0.05, 0.1) is 11.9 Å². The first-order chi connectivity index (χ1) is 9.31. The van der Waals surface area contributed by atoms with Crippen molar-refractivity contribution in [2.45, 2.75) is 31.7 Å². The van der Waals surface area contributed by atoms with Gasteiger partial charge in [-0.25, -0.2) is 4.98 Å². The molecule has 2 aliphatic rings. The van der Waals surface area contributed by atoms with Crippen LogP contribution in [0.2, 0.25) is 0 Å². The second-order valence-electron chi connectivity index (χ2n) is 5.25. The Morgan fingerprint density at radius 3 is 2.84 bits per heavy atom. The molecule has 0 spiro atoms. The molecule has 1 aliphatic heterocycles. The molecule has 1 saturated heterocycles. The van der Waals surface area contributed by atoms with Crippen molar-refractivity contribution in [1.29, 1.82) is 0 Å². The number of aromatic nitrogens is 1. The van der Waals surface area contributed by atoms with Gasteiger partial charge in [-0.3, -0.25) is 4.79 Å². The number of nitrogens with zero attached hydrogens (tertiary/aromatic N) is 1. The lowest BCUT2D eigenvalue weighted by molar-refractivity contribution is -0.117. The lowest BCUT2D eigenvalue weighted by Crippen LogP contribution is -2.25. The van der Waals surface area contributed by atoms with Crippen LogP contribution >= 0.6 is 11.8 Å². The molecule has 4 nitrogen and oxygen atoms in total. The highest BCUT2D eigenvalue weighted by Crippen LogP contribution is 2.30. The van der Waals surface area contributed by atoms with Gasteiger partial charge in [0.25, 0.3) is 0 Å². The predicted molar refractivity (Wildman–Crippen MR) is 79.6 cm³/mol. The van der Waals surface area contributed by atoms with Gasteiger partial charge in [-0.15, -0.1) is 0 Å². The molecular weight excluding hydrogens is 258 g/mol. The Kier molecular flexibility index (Phi) is 3.92. The second kappa shape index (κ2) is 5.82. The van der Waals surface area contributed by atoms with E-state index in [1.165, 1.54) is 24.3 Å². The number of nitrogens with one attached hydrogen (secondary N) is 2. The van der Waals surface area contributed by atoms with Gasteiger partial charge in [0.1, 0.15) is 5.82 Å². The topological polar surface area (TPSA) is 54.0 Å². The highest BCUT2D eigenvalue weighted by Gasteiger charge is 2.29. The Labute approximate surface area is 117 Å². The number of thioether (sulfide) groups is 1. The van der Waals surface area contributed by atoms with E-state index in [1.54, 1.807) is 0 Å². The smallest absolute Gasteiger partial charge is 0.228 e. The number of hydrogen-bond acceptors (Lipinski definition) is 4. The molecule has 0 aromatic carbocycles. The van der Waals surface area contributed by atoms with Crippen LogP contribution in [0.1, 0.15) is 25.7 Å². The lowest BCUT2D eigenvalue weighted by atomic mass is 10.2. The van der Waals surface area contributed by atoms with Crippen molar-refractivity contribution in [3.63, 3.8) is 0 Å². The number of anilines is 2. The minimum Gasteiger partial charge on any atom is -0.380 e. The highest BCUT2D eigenvalue weighted by molar-refractivity contribution is 7.99. The van der Waals surface area contributed by atoms with Gasteiger partial charge in [0.2, 0.25) is 5.91 Å². The molecule has 3 rings (SSSR count). The van der Waals surface area contributed by atoms with E-state index in [0.717, 1.165) is 18.5 Å². The molecule has 2 heterocycles. The number of rotatable bonds is 4. The molecule has 1 aliphatic carbocycles. The van der Waals surface area contributed by atoms with Crippen molar-refractivity contribution in [1.82, 2.24) is 4.98 Å². The van der Waals surface area contributed by atoms with Crippen molar-refractivity contribution in [3.05, 3.63) is 18.3 Å². The number of carbonyl (C=O) groups excluding carboxylic acids is 1. The fourth-order valence-electron chi connectivity index (χ4n) is 2.22. The molecule has 1 atom stereocenters. The van der Waals surface area contributed by atoms with E-state index in [-0.39, 0.29) is 11.8 Å². The molecule has 19 heavy (non-hydrogen) atoms. The maximum Gasteiger partial charge on any atom is 0.228 e. The molecule has 102 valence electrons. The van der Waals surface area contributed by atoms with Crippen LogP contribution in [0.25, 0.3) is 0 Å². The second-order valence-corrected chi connectivity index (χ2v) is 6.40. The zero-order chi connectivity index (χ0) is 13.1. The average molecular weight is 277 g/mol. The third kappa shape index (κ3) is 3.62. The largest absolute Gasteiger partial charge is 0.380 e. The Hall–Kier alpha value is -1.23. The van der Waals surface area contributed by atoms with E-state index in [4.69, 9.17) is 0 Å². The van der Waals surface area contributed by atoms with E-state index < -0.39 is 0 Å². The van der Waals surface area contributed by atoms with E-state index in [2.05, 4.69) is 15.6 Å². The maximum atomic E-state index is 11.6. The van der Waals surface area contributed by atoms with Crippen LogP contribution in [0.15, 0.2) is 18.3 Å². The normalized spacial score (nSPS) is 22.8. The van der Waals surface area contributed by atoms with Gasteiger partial charge in [-0.05, 0) is 43.6 Å². The van der Waals surface area contributed by atoms with Crippen LogP contribution < -0.4 is 10.6 Å². The maximum absolute atomic E-state index is 11.6. The van der Waals surface area contributed by atoms with Crippen LogP contribution in [0, 0.1) is 5.92 Å². The summed E-state index contributed by atoms with van der Waals surface area (Å²) in [5.41, 5.74) is 1.04. The molecule has 1 aromatic rings. The Morgan fingerprint density at radius 2 is 2.21 bits per heavy atom. The first-order valence-electron chi connectivity index (χ1n) is 6.92. The van der Waals surface area contributed by atoms with Crippen molar-refractivity contribution in [3.8, 4) is 0 Å². The molecule has 0 unspecified atom stereocenters. The molecular formula is C14H19N3OS. The molecule has 1 aromatic heterocycles. The Balaban J connectivity index is 1.54. The van der Waals surface area contributed by atoms with Gasteiger partial charge < -0.3 is 10.6 Å². The predicted octanol–water partition coefficient (Wildman–Crippen LogP) is 2.74. The number of amides is 1. The van der Waals surface area contributed by atoms with Crippen LogP contribution in [0.5, 0.6) is 0 Å². The summed E-state index contributed by atoms with van der Waals surface area (Å²) in [6, 6.07) is 4.42. The lowest BCUT2D eigenvalue weighted by Gasteiger charge is -2.23. The Bertz CT molecular complexity index is 439. The Morgan fingerprint density at radius 1 is 1.32 bits per heavy atom. The molecule has 2 N–H and O–H groups in total. The average Bonchev–Trinajstić information content (AvgIpc) is 3.27. The van der Waals surface area contributed by atoms with Crippen LogP contribution in [-0.2, 0) is 4.79 Å². The minimum absolute atomic E-state index is 0.108. The van der Waals surface area contributed by atoms with E-state index in [0.29, 0.717) is 11.9 Å². The fraction of sp³-hybridized carbons (Fsp3) is 0.571. The van der Waals surface area contributed by atoms with Gasteiger partial charge >= 0.3 is 0 Å². The zero-order valence-corrected chi connectivity index (χ0v) is 11.7. The van der Waals surface area contributed by atoms with Crippen molar-refractivity contribution < 1.29 is 4.79 Å². The summed E-state index contributed by atoms with van der Waals surface area (Å²) in [5.74, 6) is 3.43. The SMILES string of the molecule is O=C(Nc1ccc(N[C@@H]2CCCSC2)cn1)C1CC1. The van der Waals surface area contributed by atoms with Crippen LogP contribution in [0.3, 0.4) is 0 Å². The van der Waals surface area contributed by atoms with Crippen LogP contribution in [-0.4, -0.2) is 28.4 Å². The summed E-state index contributed by atoms with van der Waals surface area (Å²) in [7, 11) is 0. The third-order valence-corrected chi connectivity index (χ3v) is 4.71. The molecule has 0 bridgehead atoms. The van der Waals surface area contributed by atoms with Gasteiger partial charge in [0, 0.05) is 17.7 Å². The summed E-state index contributed by atoms with van der Waals surface area (Å²) in [5, 5.41) is 6.35. The highest BCUT2D eigenvalue weighted by atomic mass is 32.2. The molecule has 1 amide bonds. The zero-order valence-electron chi connectivity index (χ0n) is 10.9. The molecule has 2 fully saturated rings. The minimum atomic E-state index is 0.108. The third-order valence-electron chi connectivity index (χ3n) is 3.49.